The van der Waals surface area contributed by atoms with Crippen LogP contribution in [0.25, 0.3) is 6.08 Å². The van der Waals surface area contributed by atoms with E-state index < -0.39 is 12.0 Å². The van der Waals surface area contributed by atoms with E-state index in [1.165, 1.54) is 12.0 Å². The number of carbonyl (C=O) groups excluding carboxylic acids is 2. The summed E-state index contributed by atoms with van der Waals surface area (Å²) in [5.41, 5.74) is 0. The van der Waals surface area contributed by atoms with E-state index in [1.54, 1.807) is 25.1 Å². The Morgan fingerprint density at radius 3 is 2.85 bits per heavy atom. The molecule has 5 nitrogen and oxygen atoms in total. The van der Waals surface area contributed by atoms with Crippen molar-refractivity contribution < 1.29 is 18.7 Å². The highest BCUT2D eigenvalue weighted by Gasteiger charge is 2.38. The van der Waals surface area contributed by atoms with Gasteiger partial charge in [-0.25, -0.2) is 4.79 Å². The molecule has 0 unspecified atom stereocenters. The van der Waals surface area contributed by atoms with Crippen molar-refractivity contribution in [1.29, 1.82) is 0 Å². The normalized spacial score (nSPS) is 18.8. The maximum Gasteiger partial charge on any atom is 0.328 e. The third kappa shape index (κ3) is 2.97. The smallest absolute Gasteiger partial charge is 0.328 e. The summed E-state index contributed by atoms with van der Waals surface area (Å²) in [6.07, 6.45) is 1.59. The second kappa shape index (κ2) is 6.11. The van der Waals surface area contributed by atoms with E-state index in [2.05, 4.69) is 20.7 Å². The second-order valence-corrected chi connectivity index (χ2v) is 6.35. The number of halogens is 1. The molecule has 0 N–H and O–H groups in total. The number of esters is 1. The van der Waals surface area contributed by atoms with Crippen LogP contribution in [0.5, 0.6) is 0 Å². The summed E-state index contributed by atoms with van der Waals surface area (Å²) in [5.74, 6) is -0.309. The number of furan rings is 1. The number of amides is 1. The van der Waals surface area contributed by atoms with E-state index in [9.17, 15) is 9.59 Å². The van der Waals surface area contributed by atoms with E-state index in [4.69, 9.17) is 16.6 Å². The van der Waals surface area contributed by atoms with Crippen molar-refractivity contribution in [3.05, 3.63) is 27.5 Å². The highest BCUT2D eigenvalue weighted by atomic mass is 79.9. The minimum atomic E-state index is -0.748. The molecular formula is C12H10BrNO4S2. The summed E-state index contributed by atoms with van der Waals surface area (Å²) in [4.78, 5) is 25.5. The number of thiocarbonyl (C=S) groups is 1. The predicted molar refractivity (Wildman–Crippen MR) is 82.9 cm³/mol. The van der Waals surface area contributed by atoms with Crippen LogP contribution in [0.1, 0.15) is 12.7 Å². The van der Waals surface area contributed by atoms with Crippen molar-refractivity contribution in [3.63, 3.8) is 0 Å². The molecule has 2 rings (SSSR count). The summed E-state index contributed by atoms with van der Waals surface area (Å²) in [6, 6.07) is 2.70. The molecule has 1 fully saturated rings. The second-order valence-electron chi connectivity index (χ2n) is 3.89. The van der Waals surface area contributed by atoms with Crippen LogP contribution >= 0.6 is 39.9 Å². The number of carbonyl (C=O) groups is 2. The highest BCUT2D eigenvalue weighted by Crippen LogP contribution is 2.34. The van der Waals surface area contributed by atoms with E-state index in [0.29, 0.717) is 19.7 Å². The Labute approximate surface area is 133 Å². The summed E-state index contributed by atoms with van der Waals surface area (Å²) in [6.45, 7) is 1.57. The zero-order chi connectivity index (χ0) is 14.9. The molecule has 1 aromatic heterocycles. The van der Waals surface area contributed by atoms with Gasteiger partial charge in [-0.05, 0) is 35.0 Å². The Bertz CT molecular complexity index is 610. The minimum absolute atomic E-state index is 0.324. The molecule has 1 aromatic rings. The fourth-order valence-electron chi connectivity index (χ4n) is 1.62. The van der Waals surface area contributed by atoms with Gasteiger partial charge in [0.05, 0.1) is 12.0 Å². The van der Waals surface area contributed by atoms with Gasteiger partial charge in [-0.2, -0.15) is 0 Å². The number of rotatable bonds is 3. The zero-order valence-corrected chi connectivity index (χ0v) is 13.8. The van der Waals surface area contributed by atoms with Gasteiger partial charge in [-0.1, -0.05) is 24.0 Å². The van der Waals surface area contributed by atoms with Gasteiger partial charge in [0.1, 0.15) is 16.1 Å². The predicted octanol–water partition coefficient (Wildman–Crippen LogP) is 2.80. The van der Waals surface area contributed by atoms with Gasteiger partial charge in [0.25, 0.3) is 5.91 Å². The lowest BCUT2D eigenvalue weighted by Crippen LogP contribution is -2.42. The summed E-state index contributed by atoms with van der Waals surface area (Å²) < 4.78 is 10.8. The monoisotopic (exact) mass is 375 g/mol. The van der Waals surface area contributed by atoms with Gasteiger partial charge in [-0.3, -0.25) is 9.69 Å². The van der Waals surface area contributed by atoms with Crippen LogP contribution < -0.4 is 0 Å². The molecule has 1 atom stereocenters. The van der Waals surface area contributed by atoms with Crippen molar-refractivity contribution in [2.75, 3.05) is 7.11 Å². The van der Waals surface area contributed by atoms with Crippen LogP contribution in [-0.4, -0.2) is 34.2 Å². The zero-order valence-electron chi connectivity index (χ0n) is 10.6. The molecular weight excluding hydrogens is 366 g/mol. The largest absolute Gasteiger partial charge is 0.467 e. The van der Waals surface area contributed by atoms with E-state index in [1.807, 2.05) is 0 Å². The van der Waals surface area contributed by atoms with Crippen molar-refractivity contribution >= 4 is 62.2 Å². The van der Waals surface area contributed by atoms with Crippen LogP contribution in [0.2, 0.25) is 0 Å². The van der Waals surface area contributed by atoms with E-state index in [0.717, 1.165) is 11.8 Å². The van der Waals surface area contributed by atoms with Gasteiger partial charge >= 0.3 is 5.97 Å². The molecule has 1 aliphatic heterocycles. The number of ether oxygens (including phenoxy) is 1. The van der Waals surface area contributed by atoms with Crippen molar-refractivity contribution in [1.82, 2.24) is 4.90 Å². The molecule has 1 amide bonds. The maximum atomic E-state index is 12.3. The third-order valence-electron chi connectivity index (χ3n) is 2.62. The van der Waals surface area contributed by atoms with Crippen LogP contribution in [0.4, 0.5) is 0 Å². The Morgan fingerprint density at radius 1 is 1.60 bits per heavy atom. The summed E-state index contributed by atoms with van der Waals surface area (Å²) >= 11 is 9.45. The first-order valence-corrected chi connectivity index (χ1v) is 7.56. The Hall–Kier alpha value is -1.12. The average molecular weight is 376 g/mol. The molecule has 0 aromatic carbocycles. The van der Waals surface area contributed by atoms with Crippen LogP contribution in [0.3, 0.4) is 0 Å². The lowest BCUT2D eigenvalue weighted by Gasteiger charge is -2.20. The molecule has 0 bridgehead atoms. The SMILES string of the molecule is COC(=O)[C@@H](C)N1C(=O)/C(=C/c2ccc(Br)o2)SC1=S. The van der Waals surface area contributed by atoms with Gasteiger partial charge < -0.3 is 9.15 Å². The van der Waals surface area contributed by atoms with Crippen molar-refractivity contribution in [2.45, 2.75) is 13.0 Å². The Balaban J connectivity index is 2.25. The summed E-state index contributed by atoms with van der Waals surface area (Å²) in [7, 11) is 1.27. The molecule has 0 saturated carbocycles. The number of hydrogen-bond acceptors (Lipinski definition) is 6. The van der Waals surface area contributed by atoms with Gasteiger partial charge in [-0.15, -0.1) is 0 Å². The molecule has 106 valence electrons. The average Bonchev–Trinajstić information content (AvgIpc) is 2.93. The minimum Gasteiger partial charge on any atom is -0.467 e. The fraction of sp³-hybridized carbons (Fsp3) is 0.250. The van der Waals surface area contributed by atoms with Gasteiger partial charge in [0.15, 0.2) is 4.67 Å². The quantitative estimate of drug-likeness (QED) is 0.459. The maximum absolute atomic E-state index is 12.3. The van der Waals surface area contributed by atoms with E-state index in [-0.39, 0.29) is 5.91 Å². The van der Waals surface area contributed by atoms with Crippen molar-refractivity contribution in [2.24, 2.45) is 0 Å². The molecule has 0 aliphatic carbocycles. The van der Waals surface area contributed by atoms with Gasteiger partial charge in [0.2, 0.25) is 0 Å². The first kappa shape index (κ1) is 15.3. The molecule has 0 radical (unpaired) electrons. The Kier molecular flexibility index (Phi) is 4.66. The lowest BCUT2D eigenvalue weighted by atomic mass is 10.3. The Morgan fingerprint density at radius 2 is 2.30 bits per heavy atom. The topological polar surface area (TPSA) is 59.8 Å². The summed E-state index contributed by atoms with van der Waals surface area (Å²) in [5, 5.41) is 0. The molecule has 2 heterocycles. The highest BCUT2D eigenvalue weighted by molar-refractivity contribution is 9.10. The molecule has 1 aliphatic rings. The van der Waals surface area contributed by atoms with Crippen molar-refractivity contribution in [3.8, 4) is 0 Å². The van der Waals surface area contributed by atoms with Crippen LogP contribution in [-0.2, 0) is 14.3 Å². The number of methoxy groups -OCH3 is 1. The number of nitrogens with zero attached hydrogens (tertiary/aromatic N) is 1. The molecule has 8 heteroatoms. The number of thioether (sulfide) groups is 1. The molecule has 20 heavy (non-hydrogen) atoms. The van der Waals surface area contributed by atoms with Crippen LogP contribution in [0, 0.1) is 0 Å². The van der Waals surface area contributed by atoms with Crippen LogP contribution in [0.15, 0.2) is 26.1 Å². The fourth-order valence-corrected chi connectivity index (χ4v) is 3.34. The third-order valence-corrected chi connectivity index (χ3v) is 4.38. The van der Waals surface area contributed by atoms with E-state index >= 15 is 0 Å². The van der Waals surface area contributed by atoms with Gasteiger partial charge in [0, 0.05) is 6.08 Å². The lowest BCUT2D eigenvalue weighted by molar-refractivity contribution is -0.147. The standard InChI is InChI=1S/C12H10BrNO4S2/c1-6(11(16)17-2)14-10(15)8(20-12(14)19)5-7-3-4-9(13)18-7/h3-6H,1-2H3/b8-5-/t6-/m1/s1. The number of hydrogen-bond donors (Lipinski definition) is 0. The first-order chi connectivity index (χ1) is 9.43. The molecule has 0 spiro atoms. The first-order valence-electron chi connectivity index (χ1n) is 5.54. The molecule has 1 saturated heterocycles.